The van der Waals surface area contributed by atoms with Crippen LogP contribution in [-0.2, 0) is 6.54 Å². The summed E-state index contributed by atoms with van der Waals surface area (Å²) in [6, 6.07) is 5.41. The van der Waals surface area contributed by atoms with Crippen LogP contribution in [0.5, 0.6) is 0 Å². The highest BCUT2D eigenvalue weighted by Gasteiger charge is 2.24. The van der Waals surface area contributed by atoms with Gasteiger partial charge in [-0.2, -0.15) is 0 Å². The minimum Gasteiger partial charge on any atom is -0.392 e. The molecule has 1 aliphatic heterocycles. The molecular weight excluding hydrogens is 266 g/mol. The summed E-state index contributed by atoms with van der Waals surface area (Å²) in [6.07, 6.45) is 2.45. The van der Waals surface area contributed by atoms with Crippen molar-refractivity contribution in [2.24, 2.45) is 5.92 Å². The highest BCUT2D eigenvalue weighted by Crippen LogP contribution is 2.18. The molecule has 0 spiro atoms. The first-order valence-corrected chi connectivity index (χ1v) is 7.42. The number of pyridine rings is 1. The molecule has 2 atom stereocenters. The molecule has 21 heavy (non-hydrogen) atoms. The van der Waals surface area contributed by atoms with E-state index in [0.29, 0.717) is 24.7 Å². The number of aryl methyl sites for hydroxylation is 1. The predicted molar refractivity (Wildman–Crippen MR) is 81.3 cm³/mol. The average Bonchev–Trinajstić information content (AvgIpc) is 2.42. The van der Waals surface area contributed by atoms with Crippen LogP contribution in [0.1, 0.15) is 24.6 Å². The van der Waals surface area contributed by atoms with E-state index in [4.69, 9.17) is 0 Å². The van der Waals surface area contributed by atoms with Crippen molar-refractivity contribution in [1.82, 2.24) is 14.3 Å². The van der Waals surface area contributed by atoms with Gasteiger partial charge < -0.3 is 5.11 Å². The summed E-state index contributed by atoms with van der Waals surface area (Å²) in [5.74, 6) is 0.346. The molecule has 5 heteroatoms. The fourth-order valence-corrected chi connectivity index (χ4v) is 2.82. The van der Waals surface area contributed by atoms with Gasteiger partial charge in [-0.1, -0.05) is 6.92 Å². The molecule has 1 aliphatic rings. The molecule has 0 radical (unpaired) electrons. The van der Waals surface area contributed by atoms with Crippen molar-refractivity contribution in [2.45, 2.75) is 32.9 Å². The van der Waals surface area contributed by atoms with E-state index in [2.05, 4.69) is 16.8 Å². The van der Waals surface area contributed by atoms with Crippen LogP contribution in [-0.4, -0.2) is 38.6 Å². The van der Waals surface area contributed by atoms with E-state index in [1.54, 1.807) is 16.7 Å². The van der Waals surface area contributed by atoms with Crippen molar-refractivity contribution in [3.8, 4) is 0 Å². The summed E-state index contributed by atoms with van der Waals surface area (Å²) >= 11 is 0. The van der Waals surface area contributed by atoms with Crippen molar-refractivity contribution in [3.63, 3.8) is 0 Å². The van der Waals surface area contributed by atoms with E-state index in [-0.39, 0.29) is 11.7 Å². The van der Waals surface area contributed by atoms with Gasteiger partial charge in [-0.25, -0.2) is 4.98 Å². The zero-order chi connectivity index (χ0) is 15.0. The zero-order valence-electron chi connectivity index (χ0n) is 12.5. The Balaban J connectivity index is 1.86. The SMILES string of the molecule is Cc1ccn2c(=O)cc(CN3CCC(C)C(O)C3)nc2c1. The normalized spacial score (nSPS) is 23.6. The number of hydrogen-bond acceptors (Lipinski definition) is 4. The largest absolute Gasteiger partial charge is 0.392 e. The van der Waals surface area contributed by atoms with Gasteiger partial charge >= 0.3 is 0 Å². The number of aromatic nitrogens is 2. The Bertz CT molecular complexity index is 710. The third kappa shape index (κ3) is 2.99. The first kappa shape index (κ1) is 14.2. The molecule has 1 saturated heterocycles. The van der Waals surface area contributed by atoms with E-state index in [1.165, 1.54) is 0 Å². The molecule has 0 aliphatic carbocycles. The molecule has 1 N–H and O–H groups in total. The van der Waals surface area contributed by atoms with Gasteiger partial charge in [0.15, 0.2) is 0 Å². The molecule has 112 valence electrons. The van der Waals surface area contributed by atoms with E-state index in [9.17, 15) is 9.90 Å². The lowest BCUT2D eigenvalue weighted by molar-refractivity contribution is 0.0254. The lowest BCUT2D eigenvalue weighted by Crippen LogP contribution is -2.42. The Morgan fingerprint density at radius 2 is 2.24 bits per heavy atom. The van der Waals surface area contributed by atoms with E-state index < -0.39 is 0 Å². The third-order valence-electron chi connectivity index (χ3n) is 4.26. The summed E-state index contributed by atoms with van der Waals surface area (Å²) < 4.78 is 1.56. The molecule has 0 aromatic carbocycles. The molecule has 3 rings (SSSR count). The number of rotatable bonds is 2. The first-order chi connectivity index (χ1) is 10.0. The van der Waals surface area contributed by atoms with Crippen LogP contribution in [0, 0.1) is 12.8 Å². The molecule has 3 heterocycles. The minimum atomic E-state index is -0.289. The van der Waals surface area contributed by atoms with Crippen LogP contribution in [0.25, 0.3) is 5.65 Å². The zero-order valence-corrected chi connectivity index (χ0v) is 12.5. The molecule has 0 bridgehead atoms. The number of likely N-dealkylation sites (tertiary alicyclic amines) is 1. The topological polar surface area (TPSA) is 57.8 Å². The van der Waals surface area contributed by atoms with Crippen molar-refractivity contribution in [3.05, 3.63) is 46.0 Å². The second-order valence-electron chi connectivity index (χ2n) is 6.09. The average molecular weight is 287 g/mol. The Kier molecular flexibility index (Phi) is 3.78. The Hall–Kier alpha value is -1.72. The number of fused-ring (bicyclic) bond motifs is 1. The van der Waals surface area contributed by atoms with Gasteiger partial charge in [-0.3, -0.25) is 14.1 Å². The molecule has 2 aromatic rings. The maximum Gasteiger partial charge on any atom is 0.258 e. The highest BCUT2D eigenvalue weighted by atomic mass is 16.3. The highest BCUT2D eigenvalue weighted by molar-refractivity contribution is 5.41. The van der Waals surface area contributed by atoms with Crippen LogP contribution >= 0.6 is 0 Å². The molecule has 0 amide bonds. The van der Waals surface area contributed by atoms with Crippen LogP contribution in [0.15, 0.2) is 29.2 Å². The van der Waals surface area contributed by atoms with Gasteiger partial charge in [0.05, 0.1) is 11.8 Å². The molecule has 1 fully saturated rings. The fourth-order valence-electron chi connectivity index (χ4n) is 2.82. The monoisotopic (exact) mass is 287 g/mol. The van der Waals surface area contributed by atoms with Gasteiger partial charge in [0.2, 0.25) is 0 Å². The van der Waals surface area contributed by atoms with Crippen LogP contribution in [0.4, 0.5) is 0 Å². The van der Waals surface area contributed by atoms with E-state index in [0.717, 1.165) is 24.2 Å². The van der Waals surface area contributed by atoms with E-state index >= 15 is 0 Å². The van der Waals surface area contributed by atoms with E-state index in [1.807, 2.05) is 19.1 Å². The predicted octanol–water partition coefficient (Wildman–Crippen LogP) is 1.21. The maximum absolute atomic E-state index is 12.1. The number of aliphatic hydroxyl groups excluding tert-OH is 1. The minimum absolute atomic E-state index is 0.0547. The van der Waals surface area contributed by atoms with Crippen LogP contribution in [0.3, 0.4) is 0 Å². The Morgan fingerprint density at radius 1 is 1.43 bits per heavy atom. The van der Waals surface area contributed by atoms with Crippen LogP contribution < -0.4 is 5.56 Å². The lowest BCUT2D eigenvalue weighted by atomic mass is 9.96. The number of hydrogen-bond donors (Lipinski definition) is 1. The number of piperidine rings is 1. The van der Waals surface area contributed by atoms with Gasteiger partial charge in [0.1, 0.15) is 5.65 Å². The van der Waals surface area contributed by atoms with Crippen molar-refractivity contribution in [2.75, 3.05) is 13.1 Å². The quantitative estimate of drug-likeness (QED) is 0.902. The number of nitrogens with zero attached hydrogens (tertiary/aromatic N) is 3. The molecule has 5 nitrogen and oxygen atoms in total. The maximum atomic E-state index is 12.1. The fraction of sp³-hybridized carbons (Fsp3) is 0.500. The van der Waals surface area contributed by atoms with Crippen molar-refractivity contribution >= 4 is 5.65 Å². The van der Waals surface area contributed by atoms with Gasteiger partial charge in [-0.15, -0.1) is 0 Å². The van der Waals surface area contributed by atoms with Gasteiger partial charge in [-0.05, 0) is 43.5 Å². The number of β-amino-alcohol motifs (C(OH)–C–C–N with tert-alkyl or cyclic N) is 1. The van der Waals surface area contributed by atoms with Crippen molar-refractivity contribution < 1.29 is 5.11 Å². The molecule has 2 unspecified atom stereocenters. The van der Waals surface area contributed by atoms with Crippen molar-refractivity contribution in [1.29, 1.82) is 0 Å². The van der Waals surface area contributed by atoms with Crippen LogP contribution in [0.2, 0.25) is 0 Å². The summed E-state index contributed by atoms with van der Waals surface area (Å²) in [7, 11) is 0. The summed E-state index contributed by atoms with van der Waals surface area (Å²) in [5.41, 5.74) is 2.48. The second-order valence-corrected chi connectivity index (χ2v) is 6.09. The molecule has 0 saturated carbocycles. The molecular formula is C16H21N3O2. The van der Waals surface area contributed by atoms with Gasteiger partial charge in [0.25, 0.3) is 5.56 Å². The third-order valence-corrected chi connectivity index (χ3v) is 4.26. The lowest BCUT2D eigenvalue weighted by Gasteiger charge is -2.33. The standard InChI is InChI=1S/C16H21N3O2/c1-11-3-6-19-15(7-11)17-13(8-16(19)21)9-18-5-4-12(2)14(20)10-18/h3,6-8,12,14,20H,4-5,9-10H2,1-2H3. The van der Waals surface area contributed by atoms with Gasteiger partial charge in [0, 0.05) is 25.4 Å². The second kappa shape index (κ2) is 5.58. The summed E-state index contributed by atoms with van der Waals surface area (Å²) in [4.78, 5) is 18.9. The first-order valence-electron chi connectivity index (χ1n) is 7.42. The Labute approximate surface area is 123 Å². The summed E-state index contributed by atoms with van der Waals surface area (Å²) in [5, 5.41) is 9.96. The Morgan fingerprint density at radius 3 is 3.00 bits per heavy atom. The smallest absolute Gasteiger partial charge is 0.258 e. The summed E-state index contributed by atoms with van der Waals surface area (Å²) in [6.45, 7) is 6.26. The number of aliphatic hydroxyl groups is 1. The molecule has 2 aromatic heterocycles.